The standard InChI is InChI=1S/C15H16N4O2S2/c1-8-9(2)23-14(15(20)21)13(8)19(16)22-6-10-3-4-11-12(5-10)18-7-17-11/h3-5,7H,6,16H2,1-2H3,(H,17,18)(H,20,21). The molecule has 0 radical (unpaired) electrons. The Balaban J connectivity index is 1.79. The van der Waals surface area contributed by atoms with Crippen molar-refractivity contribution < 1.29 is 9.90 Å². The minimum absolute atomic E-state index is 0.276. The van der Waals surface area contributed by atoms with Gasteiger partial charge >= 0.3 is 5.97 Å². The van der Waals surface area contributed by atoms with E-state index < -0.39 is 5.97 Å². The van der Waals surface area contributed by atoms with Gasteiger partial charge < -0.3 is 10.1 Å². The molecule has 0 aliphatic carbocycles. The number of imidazole rings is 1. The number of carboxylic acid groups (broad SMARTS) is 1. The summed E-state index contributed by atoms with van der Waals surface area (Å²) < 4.78 is 1.46. The molecule has 3 aromatic rings. The monoisotopic (exact) mass is 348 g/mol. The van der Waals surface area contributed by atoms with Crippen LogP contribution in [0.1, 0.15) is 25.7 Å². The summed E-state index contributed by atoms with van der Waals surface area (Å²) in [6.07, 6.45) is 1.66. The fraction of sp³-hybridized carbons (Fsp3) is 0.200. The van der Waals surface area contributed by atoms with E-state index in [1.165, 1.54) is 27.7 Å². The van der Waals surface area contributed by atoms with E-state index in [0.717, 1.165) is 27.0 Å². The molecule has 0 bridgehead atoms. The van der Waals surface area contributed by atoms with Crippen molar-refractivity contribution in [1.82, 2.24) is 9.97 Å². The molecule has 0 atom stereocenters. The Morgan fingerprint density at radius 3 is 3.00 bits per heavy atom. The maximum atomic E-state index is 11.4. The largest absolute Gasteiger partial charge is 0.477 e. The number of aromatic nitrogens is 2. The summed E-state index contributed by atoms with van der Waals surface area (Å²) in [6, 6.07) is 5.98. The van der Waals surface area contributed by atoms with Crippen LogP contribution in [0.5, 0.6) is 0 Å². The minimum atomic E-state index is -0.949. The van der Waals surface area contributed by atoms with Gasteiger partial charge in [0.25, 0.3) is 0 Å². The molecule has 0 amide bonds. The molecule has 0 saturated carbocycles. The van der Waals surface area contributed by atoms with Crippen molar-refractivity contribution >= 4 is 46.0 Å². The van der Waals surface area contributed by atoms with Crippen molar-refractivity contribution in [2.24, 2.45) is 5.84 Å². The summed E-state index contributed by atoms with van der Waals surface area (Å²) in [5, 5.41) is 9.34. The second kappa shape index (κ2) is 6.23. The number of carbonyl (C=O) groups is 1. The van der Waals surface area contributed by atoms with Gasteiger partial charge in [0.05, 0.1) is 23.0 Å². The van der Waals surface area contributed by atoms with Gasteiger partial charge in [0.1, 0.15) is 4.88 Å². The van der Waals surface area contributed by atoms with Gasteiger partial charge in [-0.2, -0.15) is 0 Å². The van der Waals surface area contributed by atoms with Gasteiger partial charge in [-0.25, -0.2) is 15.6 Å². The van der Waals surface area contributed by atoms with Crippen molar-refractivity contribution in [3.63, 3.8) is 0 Å². The molecule has 0 spiro atoms. The van der Waals surface area contributed by atoms with Gasteiger partial charge in [-0.3, -0.25) is 4.41 Å². The number of anilines is 1. The SMILES string of the molecule is Cc1sc(C(=O)O)c(N(N)SCc2ccc3[nH]cnc3c2)c1C. The number of thiophene rings is 1. The van der Waals surface area contributed by atoms with Crippen molar-refractivity contribution in [3.05, 3.63) is 45.4 Å². The smallest absolute Gasteiger partial charge is 0.348 e. The molecule has 8 heteroatoms. The zero-order chi connectivity index (χ0) is 16.6. The summed E-state index contributed by atoms with van der Waals surface area (Å²) >= 11 is 2.62. The quantitative estimate of drug-likeness (QED) is 0.371. The zero-order valence-electron chi connectivity index (χ0n) is 12.7. The number of hydrogen-bond donors (Lipinski definition) is 3. The molecular weight excluding hydrogens is 332 g/mol. The average Bonchev–Trinajstić information content (AvgIpc) is 3.09. The number of aryl methyl sites for hydroxylation is 1. The normalized spacial score (nSPS) is 11.1. The van der Waals surface area contributed by atoms with Gasteiger partial charge in [0.15, 0.2) is 0 Å². The van der Waals surface area contributed by atoms with Crippen LogP contribution >= 0.6 is 23.3 Å². The second-order valence-electron chi connectivity index (χ2n) is 5.12. The first-order valence-electron chi connectivity index (χ1n) is 6.90. The summed E-state index contributed by atoms with van der Waals surface area (Å²) in [7, 11) is 0. The van der Waals surface area contributed by atoms with Gasteiger partial charge in [0.2, 0.25) is 0 Å². The van der Waals surface area contributed by atoms with Crippen molar-refractivity contribution in [1.29, 1.82) is 0 Å². The molecule has 120 valence electrons. The highest BCUT2D eigenvalue weighted by atomic mass is 32.2. The molecule has 0 fully saturated rings. The van der Waals surface area contributed by atoms with E-state index in [9.17, 15) is 9.90 Å². The number of nitrogens with two attached hydrogens (primary N) is 1. The third-order valence-electron chi connectivity index (χ3n) is 3.62. The predicted molar refractivity (Wildman–Crippen MR) is 94.8 cm³/mol. The number of rotatable bonds is 5. The Bertz CT molecular complexity index is 872. The molecule has 0 saturated heterocycles. The lowest BCUT2D eigenvalue weighted by Gasteiger charge is -2.18. The summed E-state index contributed by atoms with van der Waals surface area (Å²) in [5.41, 5.74) is 4.45. The number of carboxylic acids is 1. The Morgan fingerprint density at radius 2 is 2.26 bits per heavy atom. The van der Waals surface area contributed by atoms with Crippen LogP contribution in [-0.2, 0) is 5.75 Å². The van der Waals surface area contributed by atoms with E-state index in [1.54, 1.807) is 6.33 Å². The van der Waals surface area contributed by atoms with E-state index >= 15 is 0 Å². The zero-order valence-corrected chi connectivity index (χ0v) is 14.3. The van der Waals surface area contributed by atoms with Crippen LogP contribution in [0.4, 0.5) is 5.69 Å². The number of fused-ring (bicyclic) bond motifs is 1. The number of benzene rings is 1. The van der Waals surface area contributed by atoms with E-state index in [-0.39, 0.29) is 4.88 Å². The molecular formula is C15H16N4O2S2. The minimum Gasteiger partial charge on any atom is -0.477 e. The molecule has 0 unspecified atom stereocenters. The Kier molecular flexibility index (Phi) is 4.29. The van der Waals surface area contributed by atoms with E-state index in [2.05, 4.69) is 9.97 Å². The Hall–Kier alpha value is -2.03. The highest BCUT2D eigenvalue weighted by Crippen LogP contribution is 2.37. The summed E-state index contributed by atoms with van der Waals surface area (Å²) in [4.78, 5) is 19.9. The van der Waals surface area contributed by atoms with Crippen LogP contribution in [-0.4, -0.2) is 21.0 Å². The molecule has 23 heavy (non-hydrogen) atoms. The third kappa shape index (κ3) is 3.05. The number of hydrogen-bond acceptors (Lipinski definition) is 6. The number of aromatic amines is 1. The van der Waals surface area contributed by atoms with Crippen LogP contribution < -0.4 is 10.3 Å². The predicted octanol–water partition coefficient (Wildman–Crippen LogP) is 3.47. The van der Waals surface area contributed by atoms with Gasteiger partial charge in [-0.15, -0.1) is 11.3 Å². The van der Waals surface area contributed by atoms with Crippen LogP contribution in [0.25, 0.3) is 11.0 Å². The Morgan fingerprint density at radius 1 is 1.48 bits per heavy atom. The number of nitrogens with one attached hydrogen (secondary N) is 1. The fourth-order valence-corrected chi connectivity index (χ4v) is 4.18. The molecule has 0 aliphatic heterocycles. The molecule has 0 aliphatic rings. The van der Waals surface area contributed by atoms with E-state index in [0.29, 0.717) is 11.4 Å². The van der Waals surface area contributed by atoms with Crippen LogP contribution in [0.2, 0.25) is 0 Å². The first-order chi connectivity index (χ1) is 11.0. The highest BCUT2D eigenvalue weighted by Gasteiger charge is 2.22. The summed E-state index contributed by atoms with van der Waals surface area (Å²) in [6.45, 7) is 3.80. The molecule has 6 nitrogen and oxygen atoms in total. The molecule has 4 N–H and O–H groups in total. The molecule has 3 rings (SSSR count). The van der Waals surface area contributed by atoms with Gasteiger partial charge in [-0.05, 0) is 49.1 Å². The maximum absolute atomic E-state index is 11.4. The Labute approximate surface area is 141 Å². The van der Waals surface area contributed by atoms with Crippen molar-refractivity contribution in [2.45, 2.75) is 19.6 Å². The maximum Gasteiger partial charge on any atom is 0.348 e. The third-order valence-corrected chi connectivity index (χ3v) is 5.73. The first kappa shape index (κ1) is 15.9. The van der Waals surface area contributed by atoms with Crippen LogP contribution in [0.15, 0.2) is 24.5 Å². The van der Waals surface area contributed by atoms with Gasteiger partial charge in [-0.1, -0.05) is 6.07 Å². The number of nitrogens with zero attached hydrogens (tertiary/aromatic N) is 2. The summed E-state index contributed by atoms with van der Waals surface area (Å²) in [5.74, 6) is 5.79. The number of hydrazine groups is 1. The number of aromatic carboxylic acids is 1. The molecule has 1 aromatic carbocycles. The lowest BCUT2D eigenvalue weighted by Crippen LogP contribution is -2.24. The fourth-order valence-electron chi connectivity index (χ4n) is 2.30. The molecule has 2 heterocycles. The van der Waals surface area contributed by atoms with Gasteiger partial charge in [0, 0.05) is 10.6 Å². The van der Waals surface area contributed by atoms with Crippen LogP contribution in [0.3, 0.4) is 0 Å². The second-order valence-corrected chi connectivity index (χ2v) is 7.28. The lowest BCUT2D eigenvalue weighted by molar-refractivity contribution is 0.0703. The first-order valence-corrected chi connectivity index (χ1v) is 8.66. The van der Waals surface area contributed by atoms with Crippen molar-refractivity contribution in [3.8, 4) is 0 Å². The topological polar surface area (TPSA) is 95.2 Å². The van der Waals surface area contributed by atoms with Crippen molar-refractivity contribution in [2.75, 3.05) is 4.41 Å². The average molecular weight is 348 g/mol. The van der Waals surface area contributed by atoms with E-state index in [1.807, 2.05) is 32.0 Å². The highest BCUT2D eigenvalue weighted by molar-refractivity contribution is 7.99. The van der Waals surface area contributed by atoms with E-state index in [4.69, 9.17) is 5.84 Å². The van der Waals surface area contributed by atoms with Crippen LogP contribution in [0, 0.1) is 13.8 Å². The number of H-pyrrole nitrogens is 1. The molecule has 2 aromatic heterocycles. The lowest BCUT2D eigenvalue weighted by atomic mass is 10.2.